The van der Waals surface area contributed by atoms with Gasteiger partial charge in [0.25, 0.3) is 0 Å². The first-order valence-electron chi connectivity index (χ1n) is 8.47. The van der Waals surface area contributed by atoms with Crippen molar-refractivity contribution in [2.24, 2.45) is 0 Å². The van der Waals surface area contributed by atoms with Crippen LogP contribution in [0.2, 0.25) is 0 Å². The number of carbonyl (C=O) groups is 1. The predicted molar refractivity (Wildman–Crippen MR) is 101 cm³/mol. The zero-order valence-corrected chi connectivity index (χ0v) is 15.3. The molecule has 0 aliphatic heterocycles. The van der Waals surface area contributed by atoms with Crippen LogP contribution in [0.1, 0.15) is 25.0 Å². The number of anilines is 1. The van der Waals surface area contributed by atoms with Gasteiger partial charge in [-0.15, -0.1) is 0 Å². The molecule has 0 bridgehead atoms. The summed E-state index contributed by atoms with van der Waals surface area (Å²) in [5.74, 6) is 1.53. The number of benzene rings is 2. The minimum atomic E-state index is -0.287. The lowest BCUT2D eigenvalue weighted by atomic mass is 10.1. The van der Waals surface area contributed by atoms with Crippen LogP contribution >= 0.6 is 0 Å². The first-order valence-corrected chi connectivity index (χ1v) is 8.47. The van der Waals surface area contributed by atoms with E-state index in [4.69, 9.17) is 9.47 Å². The van der Waals surface area contributed by atoms with Gasteiger partial charge in [0.05, 0.1) is 18.3 Å². The van der Waals surface area contributed by atoms with E-state index < -0.39 is 0 Å². The molecule has 25 heavy (non-hydrogen) atoms. The molecule has 2 aromatic rings. The normalized spacial score (nSPS) is 10.4. The van der Waals surface area contributed by atoms with E-state index in [2.05, 4.69) is 10.6 Å². The number of para-hydroxylation sites is 3. The second-order valence-electron chi connectivity index (χ2n) is 6.11. The lowest BCUT2D eigenvalue weighted by molar-refractivity contribution is 0.240. The van der Waals surface area contributed by atoms with Crippen LogP contribution in [0.25, 0.3) is 0 Å². The second kappa shape index (κ2) is 8.97. The predicted octanol–water partition coefficient (Wildman–Crippen LogP) is 4.29. The summed E-state index contributed by atoms with van der Waals surface area (Å²) in [6.45, 7) is 8.72. The van der Waals surface area contributed by atoms with Crippen LogP contribution < -0.4 is 20.1 Å². The second-order valence-corrected chi connectivity index (χ2v) is 6.11. The number of nitrogens with one attached hydrogen (secondary N) is 2. The summed E-state index contributed by atoms with van der Waals surface area (Å²) in [7, 11) is 0. The van der Waals surface area contributed by atoms with Gasteiger partial charge in [0.15, 0.2) is 0 Å². The minimum absolute atomic E-state index is 0.0387. The highest BCUT2D eigenvalue weighted by Gasteiger charge is 2.08. The van der Waals surface area contributed by atoms with Gasteiger partial charge in [-0.25, -0.2) is 4.79 Å². The Hall–Kier alpha value is -2.69. The topological polar surface area (TPSA) is 59.6 Å². The van der Waals surface area contributed by atoms with Crippen molar-refractivity contribution in [3.8, 4) is 11.5 Å². The fourth-order valence-corrected chi connectivity index (χ4v) is 2.44. The van der Waals surface area contributed by atoms with Crippen molar-refractivity contribution in [3.63, 3.8) is 0 Å². The monoisotopic (exact) mass is 342 g/mol. The Bertz CT molecular complexity index is 694. The highest BCUT2D eigenvalue weighted by atomic mass is 16.5. The molecule has 0 aliphatic carbocycles. The van der Waals surface area contributed by atoms with Crippen LogP contribution in [0.5, 0.6) is 11.5 Å². The molecule has 2 rings (SSSR count). The van der Waals surface area contributed by atoms with E-state index in [0.717, 1.165) is 16.9 Å². The molecule has 0 saturated carbocycles. The van der Waals surface area contributed by atoms with Crippen LogP contribution in [0.15, 0.2) is 42.5 Å². The maximum absolute atomic E-state index is 12.1. The van der Waals surface area contributed by atoms with E-state index in [-0.39, 0.29) is 12.1 Å². The summed E-state index contributed by atoms with van der Waals surface area (Å²) >= 11 is 0. The molecule has 0 heterocycles. The number of ether oxygens (including phenoxy) is 2. The highest BCUT2D eigenvalue weighted by molar-refractivity contribution is 5.90. The molecular weight excluding hydrogens is 316 g/mol. The van der Waals surface area contributed by atoms with Crippen molar-refractivity contribution in [3.05, 3.63) is 53.6 Å². The smallest absolute Gasteiger partial charge is 0.319 e. The lowest BCUT2D eigenvalue weighted by Crippen LogP contribution is -2.32. The zero-order valence-electron chi connectivity index (χ0n) is 15.3. The molecule has 2 aromatic carbocycles. The van der Waals surface area contributed by atoms with Crippen molar-refractivity contribution in [1.82, 2.24) is 5.32 Å². The molecule has 0 unspecified atom stereocenters. The summed E-state index contributed by atoms with van der Waals surface area (Å²) < 4.78 is 11.5. The summed E-state index contributed by atoms with van der Waals surface area (Å²) in [4.78, 5) is 12.1. The van der Waals surface area contributed by atoms with E-state index in [1.54, 1.807) is 0 Å². The molecule has 0 aliphatic rings. The fraction of sp³-hybridized carbons (Fsp3) is 0.350. The van der Waals surface area contributed by atoms with E-state index in [1.165, 1.54) is 0 Å². The van der Waals surface area contributed by atoms with Gasteiger partial charge >= 0.3 is 6.03 Å². The summed E-state index contributed by atoms with van der Waals surface area (Å²) in [6.07, 6.45) is 0.0387. The van der Waals surface area contributed by atoms with Crippen molar-refractivity contribution >= 4 is 11.7 Å². The number of urea groups is 1. The highest BCUT2D eigenvalue weighted by Crippen LogP contribution is 2.24. The van der Waals surface area contributed by atoms with Gasteiger partial charge in [-0.2, -0.15) is 0 Å². The van der Waals surface area contributed by atoms with Gasteiger partial charge in [0.2, 0.25) is 0 Å². The van der Waals surface area contributed by atoms with Gasteiger partial charge in [-0.1, -0.05) is 30.3 Å². The maximum atomic E-state index is 12.1. The van der Waals surface area contributed by atoms with E-state index >= 15 is 0 Å². The van der Waals surface area contributed by atoms with Crippen LogP contribution in [-0.2, 0) is 0 Å². The molecule has 0 saturated heterocycles. The van der Waals surface area contributed by atoms with Gasteiger partial charge in [-0.05, 0) is 51.0 Å². The van der Waals surface area contributed by atoms with Crippen molar-refractivity contribution < 1.29 is 14.3 Å². The van der Waals surface area contributed by atoms with Gasteiger partial charge < -0.3 is 20.1 Å². The number of hydrogen-bond donors (Lipinski definition) is 2. The Labute approximate surface area is 149 Å². The number of carbonyl (C=O) groups excluding carboxylic acids is 1. The molecule has 0 radical (unpaired) electrons. The average Bonchev–Trinajstić information content (AvgIpc) is 2.55. The molecule has 0 atom stereocenters. The molecular formula is C20H26N2O3. The summed E-state index contributed by atoms with van der Waals surface area (Å²) in [5, 5.41) is 5.60. The van der Waals surface area contributed by atoms with Crippen LogP contribution in [0, 0.1) is 13.8 Å². The standard InChI is InChI=1S/C20H26N2O3/c1-14(2)25-18-11-6-5-10-17(18)22-20(23)21-12-13-24-19-15(3)8-7-9-16(19)4/h5-11,14H,12-13H2,1-4H3,(H2,21,22,23). The van der Waals surface area contributed by atoms with E-state index in [9.17, 15) is 4.79 Å². The largest absolute Gasteiger partial charge is 0.491 e. The third kappa shape index (κ3) is 5.71. The Balaban J connectivity index is 1.82. The molecule has 5 heteroatoms. The number of aryl methyl sites for hydroxylation is 2. The fourth-order valence-electron chi connectivity index (χ4n) is 2.44. The number of amides is 2. The van der Waals surface area contributed by atoms with Gasteiger partial charge in [0.1, 0.15) is 18.1 Å². The Morgan fingerprint density at radius 2 is 1.72 bits per heavy atom. The number of rotatable bonds is 7. The Kier molecular flexibility index (Phi) is 6.69. The van der Waals surface area contributed by atoms with Crippen LogP contribution in [0.3, 0.4) is 0 Å². The minimum Gasteiger partial charge on any atom is -0.491 e. The maximum Gasteiger partial charge on any atom is 0.319 e. The van der Waals surface area contributed by atoms with Crippen LogP contribution in [-0.4, -0.2) is 25.3 Å². The van der Waals surface area contributed by atoms with Crippen molar-refractivity contribution in [1.29, 1.82) is 0 Å². The Morgan fingerprint density at radius 3 is 2.40 bits per heavy atom. The molecule has 2 amide bonds. The first-order chi connectivity index (χ1) is 12.0. The molecule has 0 aromatic heterocycles. The molecule has 5 nitrogen and oxygen atoms in total. The SMILES string of the molecule is Cc1cccc(C)c1OCCNC(=O)Nc1ccccc1OC(C)C. The van der Waals surface area contributed by atoms with Crippen molar-refractivity contribution in [2.75, 3.05) is 18.5 Å². The van der Waals surface area contributed by atoms with E-state index in [0.29, 0.717) is 24.6 Å². The molecule has 2 N–H and O–H groups in total. The molecule has 0 spiro atoms. The summed E-state index contributed by atoms with van der Waals surface area (Å²) in [6, 6.07) is 13.1. The van der Waals surface area contributed by atoms with E-state index in [1.807, 2.05) is 70.2 Å². The van der Waals surface area contributed by atoms with Crippen molar-refractivity contribution in [2.45, 2.75) is 33.8 Å². The number of hydrogen-bond acceptors (Lipinski definition) is 3. The van der Waals surface area contributed by atoms with Crippen LogP contribution in [0.4, 0.5) is 10.5 Å². The lowest BCUT2D eigenvalue weighted by Gasteiger charge is -2.15. The van der Waals surface area contributed by atoms with Gasteiger partial charge in [-0.3, -0.25) is 0 Å². The third-order valence-corrected chi connectivity index (χ3v) is 3.54. The quantitative estimate of drug-likeness (QED) is 0.738. The molecule has 134 valence electrons. The first kappa shape index (κ1) is 18.6. The average molecular weight is 342 g/mol. The zero-order chi connectivity index (χ0) is 18.2. The summed E-state index contributed by atoms with van der Waals surface area (Å²) in [5.41, 5.74) is 2.82. The Morgan fingerprint density at radius 1 is 1.04 bits per heavy atom. The molecule has 0 fully saturated rings. The third-order valence-electron chi connectivity index (χ3n) is 3.54. The van der Waals surface area contributed by atoms with Gasteiger partial charge in [0, 0.05) is 0 Å².